The average Bonchev–Trinajstić information content (AvgIpc) is 2.54. The minimum absolute atomic E-state index is 0.115. The van der Waals surface area contributed by atoms with E-state index in [0.717, 1.165) is 0 Å². The number of halogens is 2. The van der Waals surface area contributed by atoms with Crippen LogP contribution in [0.25, 0.3) is 10.8 Å². The van der Waals surface area contributed by atoms with Crippen molar-refractivity contribution in [3.8, 4) is 0 Å². The van der Waals surface area contributed by atoms with E-state index in [-0.39, 0.29) is 21.6 Å². The largest absolute Gasteiger partial charge is 0.396 e. The fourth-order valence-corrected chi connectivity index (χ4v) is 3.76. The van der Waals surface area contributed by atoms with E-state index in [0.29, 0.717) is 27.9 Å². The maximum atomic E-state index is 11.7. The Kier molecular flexibility index (Phi) is 4.83. The molecule has 6 nitrogen and oxygen atoms in total. The van der Waals surface area contributed by atoms with Gasteiger partial charge >= 0.3 is 0 Å². The first-order chi connectivity index (χ1) is 11.8. The van der Waals surface area contributed by atoms with Crippen molar-refractivity contribution in [3.63, 3.8) is 0 Å². The molecule has 0 saturated carbocycles. The highest BCUT2D eigenvalue weighted by atomic mass is 35.5. The summed E-state index contributed by atoms with van der Waals surface area (Å²) in [4.78, 5) is -0.286. The zero-order chi connectivity index (χ0) is 18.2. The van der Waals surface area contributed by atoms with Crippen LogP contribution < -0.4 is 5.73 Å². The smallest absolute Gasteiger partial charge is 0.295 e. The molecular formula is C16H13Cl2N3O3S. The maximum Gasteiger partial charge on any atom is 0.295 e. The van der Waals surface area contributed by atoms with Crippen molar-refractivity contribution < 1.29 is 13.0 Å². The van der Waals surface area contributed by atoms with Gasteiger partial charge in [-0.25, -0.2) is 0 Å². The average molecular weight is 398 g/mol. The van der Waals surface area contributed by atoms with Crippen LogP contribution in [0.5, 0.6) is 0 Å². The zero-order valence-electron chi connectivity index (χ0n) is 12.7. The summed E-state index contributed by atoms with van der Waals surface area (Å²) in [6.07, 6.45) is 3.79. The molecule has 1 atom stereocenters. The van der Waals surface area contributed by atoms with Gasteiger partial charge in [-0.3, -0.25) is 4.55 Å². The summed E-state index contributed by atoms with van der Waals surface area (Å²) in [6.45, 7) is 0. The first-order valence-corrected chi connectivity index (χ1v) is 9.44. The summed E-state index contributed by atoms with van der Waals surface area (Å²) in [5.41, 5.74) is 6.87. The molecule has 1 unspecified atom stereocenters. The standard InChI is InChI=1S/C16H13Cl2N3O3S/c17-9-5-6-13(12(18)7-9)20-21-14-8-15(25(22,23)24)10-3-1-2-4-11(10)16(14)19/h1-6,8-9H,7,19H2,(H,22,23,24). The lowest BCUT2D eigenvalue weighted by molar-refractivity contribution is 0.484. The van der Waals surface area contributed by atoms with E-state index in [1.54, 1.807) is 36.4 Å². The van der Waals surface area contributed by atoms with Crippen LogP contribution in [-0.4, -0.2) is 18.3 Å². The van der Waals surface area contributed by atoms with Crippen molar-refractivity contribution >= 4 is 55.5 Å². The fourth-order valence-electron chi connectivity index (χ4n) is 2.47. The third-order valence-corrected chi connectivity index (χ3v) is 5.23. The molecule has 2 aromatic carbocycles. The highest BCUT2D eigenvalue weighted by Gasteiger charge is 2.19. The van der Waals surface area contributed by atoms with Crippen LogP contribution >= 0.6 is 23.2 Å². The molecule has 0 aromatic heterocycles. The Bertz CT molecular complexity index is 1050. The van der Waals surface area contributed by atoms with Gasteiger partial charge in [0.1, 0.15) is 10.6 Å². The number of fused-ring (bicyclic) bond motifs is 1. The number of hydrogen-bond donors (Lipinski definition) is 2. The predicted octanol–water partition coefficient (Wildman–Crippen LogP) is 4.77. The molecule has 3 rings (SSSR count). The van der Waals surface area contributed by atoms with E-state index in [1.165, 1.54) is 6.07 Å². The molecule has 0 aliphatic heterocycles. The van der Waals surface area contributed by atoms with Crippen molar-refractivity contribution in [2.24, 2.45) is 10.2 Å². The van der Waals surface area contributed by atoms with Crippen LogP contribution in [0.15, 0.2) is 68.3 Å². The molecule has 2 aromatic rings. The third-order valence-electron chi connectivity index (χ3n) is 3.68. The molecule has 1 aliphatic rings. The molecule has 3 N–H and O–H groups in total. The Balaban J connectivity index is 2.15. The summed E-state index contributed by atoms with van der Waals surface area (Å²) in [5.74, 6) is 0. The number of nitrogen functional groups attached to an aromatic ring is 1. The number of alkyl halides is 1. The Hall–Kier alpha value is -1.93. The van der Waals surface area contributed by atoms with E-state index >= 15 is 0 Å². The van der Waals surface area contributed by atoms with Gasteiger partial charge in [-0.05, 0) is 12.1 Å². The normalized spacial score (nSPS) is 18.4. The molecule has 0 radical (unpaired) electrons. The monoisotopic (exact) mass is 397 g/mol. The van der Waals surface area contributed by atoms with Crippen molar-refractivity contribution in [1.82, 2.24) is 0 Å². The Morgan fingerprint density at radius 1 is 1.20 bits per heavy atom. The molecule has 0 amide bonds. The minimum Gasteiger partial charge on any atom is -0.396 e. The number of allylic oxidation sites excluding steroid dienone is 3. The molecule has 0 heterocycles. The van der Waals surface area contributed by atoms with E-state index < -0.39 is 10.1 Å². The molecular weight excluding hydrogens is 385 g/mol. The number of azo groups is 1. The Morgan fingerprint density at radius 2 is 1.88 bits per heavy atom. The van der Waals surface area contributed by atoms with Crippen LogP contribution in [0.3, 0.4) is 0 Å². The van der Waals surface area contributed by atoms with Crippen molar-refractivity contribution in [2.45, 2.75) is 16.7 Å². The zero-order valence-corrected chi connectivity index (χ0v) is 15.1. The van der Waals surface area contributed by atoms with Gasteiger partial charge in [-0.2, -0.15) is 8.42 Å². The molecule has 0 spiro atoms. The van der Waals surface area contributed by atoms with Crippen molar-refractivity contribution in [2.75, 3.05) is 5.73 Å². The SMILES string of the molecule is Nc1c(N=NC2=C(Cl)CC(Cl)C=C2)cc(S(=O)(=O)O)c2ccccc12. The lowest BCUT2D eigenvalue weighted by atomic mass is 10.1. The van der Waals surface area contributed by atoms with E-state index in [1.807, 2.05) is 0 Å². The lowest BCUT2D eigenvalue weighted by Crippen LogP contribution is -2.01. The minimum atomic E-state index is -4.46. The molecule has 0 fully saturated rings. The lowest BCUT2D eigenvalue weighted by Gasteiger charge is -2.11. The second kappa shape index (κ2) is 6.76. The number of anilines is 1. The van der Waals surface area contributed by atoms with Gasteiger partial charge in [-0.15, -0.1) is 21.8 Å². The number of rotatable bonds is 3. The summed E-state index contributed by atoms with van der Waals surface area (Å²) < 4.78 is 32.9. The first kappa shape index (κ1) is 17.9. The topological polar surface area (TPSA) is 105 Å². The van der Waals surface area contributed by atoms with Gasteiger partial charge in [0.2, 0.25) is 0 Å². The summed E-state index contributed by atoms with van der Waals surface area (Å²) in [7, 11) is -4.46. The van der Waals surface area contributed by atoms with Crippen LogP contribution in [0.1, 0.15) is 6.42 Å². The molecule has 0 bridgehead atoms. The van der Waals surface area contributed by atoms with Gasteiger partial charge in [0.15, 0.2) is 0 Å². The Morgan fingerprint density at radius 3 is 2.52 bits per heavy atom. The van der Waals surface area contributed by atoms with Crippen molar-refractivity contribution in [3.05, 3.63) is 53.2 Å². The third kappa shape index (κ3) is 3.69. The van der Waals surface area contributed by atoms with Gasteiger partial charge in [0.05, 0.1) is 16.8 Å². The number of benzene rings is 2. The van der Waals surface area contributed by atoms with Gasteiger partial charge < -0.3 is 5.73 Å². The summed E-state index contributed by atoms with van der Waals surface area (Å²) >= 11 is 12.1. The van der Waals surface area contributed by atoms with Gasteiger partial charge in [0, 0.05) is 22.2 Å². The second-order valence-corrected chi connectivity index (χ2v) is 7.80. The predicted molar refractivity (Wildman–Crippen MR) is 99.0 cm³/mol. The van der Waals surface area contributed by atoms with Crippen LogP contribution in [0.2, 0.25) is 0 Å². The highest BCUT2D eigenvalue weighted by Crippen LogP contribution is 2.37. The number of nitrogens with zero attached hydrogens (tertiary/aromatic N) is 2. The maximum absolute atomic E-state index is 11.7. The van der Waals surface area contributed by atoms with E-state index in [4.69, 9.17) is 28.9 Å². The van der Waals surface area contributed by atoms with Crippen LogP contribution in [0.4, 0.5) is 11.4 Å². The Labute approximate surface area is 154 Å². The summed E-state index contributed by atoms with van der Waals surface area (Å²) in [5, 5.41) is 9.04. The molecule has 9 heteroatoms. The van der Waals surface area contributed by atoms with Crippen LogP contribution in [0, 0.1) is 0 Å². The molecule has 1 aliphatic carbocycles. The van der Waals surface area contributed by atoms with Crippen LogP contribution in [-0.2, 0) is 10.1 Å². The van der Waals surface area contributed by atoms with E-state index in [9.17, 15) is 13.0 Å². The quantitative estimate of drug-likeness (QED) is 0.336. The molecule has 0 saturated heterocycles. The van der Waals surface area contributed by atoms with E-state index in [2.05, 4.69) is 10.2 Å². The van der Waals surface area contributed by atoms with Crippen molar-refractivity contribution in [1.29, 1.82) is 0 Å². The van der Waals surface area contributed by atoms with Gasteiger partial charge in [0.25, 0.3) is 10.1 Å². The molecule has 25 heavy (non-hydrogen) atoms. The first-order valence-electron chi connectivity index (χ1n) is 7.18. The number of hydrogen-bond acceptors (Lipinski definition) is 5. The fraction of sp³-hybridized carbons (Fsp3) is 0.125. The highest BCUT2D eigenvalue weighted by molar-refractivity contribution is 7.86. The molecule has 130 valence electrons. The summed E-state index contributed by atoms with van der Waals surface area (Å²) in [6, 6.07) is 7.74. The number of nitrogens with two attached hydrogens (primary N) is 1. The second-order valence-electron chi connectivity index (χ2n) is 5.40. The van der Waals surface area contributed by atoms with Gasteiger partial charge in [-0.1, -0.05) is 41.9 Å².